The minimum Gasteiger partial charge on any atom is -0.379 e. The van der Waals surface area contributed by atoms with Gasteiger partial charge < -0.3 is 15.4 Å². The third-order valence-corrected chi connectivity index (χ3v) is 6.46. The Balaban J connectivity index is 0.00000320. The quantitative estimate of drug-likeness (QED) is 0.311. The first kappa shape index (κ1) is 25.3. The lowest BCUT2D eigenvalue weighted by Gasteiger charge is -2.34. The van der Waals surface area contributed by atoms with E-state index in [-0.39, 0.29) is 36.6 Å². The van der Waals surface area contributed by atoms with E-state index in [2.05, 4.69) is 44.6 Å². The Morgan fingerprint density at radius 1 is 1.30 bits per heavy atom. The topological polar surface area (TPSA) is 61.8 Å². The second kappa shape index (κ2) is 11.6. The summed E-state index contributed by atoms with van der Waals surface area (Å²) >= 11 is 2.75. The number of hydrogen-bond acceptors (Lipinski definition) is 6. The first-order valence-electron chi connectivity index (χ1n) is 9.21. The van der Waals surface area contributed by atoms with Crippen LogP contribution in [0.15, 0.2) is 22.5 Å². The van der Waals surface area contributed by atoms with Crippen molar-refractivity contribution in [2.75, 3.05) is 39.9 Å². The summed E-state index contributed by atoms with van der Waals surface area (Å²) in [7, 11) is 1.64. The Hall–Kier alpha value is -0.960. The summed E-state index contributed by atoms with van der Waals surface area (Å²) in [5.41, 5.74) is -0.859. The van der Waals surface area contributed by atoms with Crippen LogP contribution >= 0.6 is 46.7 Å². The van der Waals surface area contributed by atoms with E-state index in [1.54, 1.807) is 18.4 Å². The molecule has 0 aliphatic carbocycles. The van der Waals surface area contributed by atoms with Gasteiger partial charge in [0.15, 0.2) is 11.7 Å². The maximum atomic E-state index is 12.7. The van der Waals surface area contributed by atoms with E-state index in [0.717, 1.165) is 29.8 Å². The maximum absolute atomic E-state index is 12.7. The molecule has 0 amide bonds. The van der Waals surface area contributed by atoms with Gasteiger partial charge in [0, 0.05) is 41.8 Å². The second-order valence-corrected chi connectivity index (χ2v) is 8.81. The highest BCUT2D eigenvalue weighted by Gasteiger charge is 2.33. The largest absolute Gasteiger partial charge is 0.434 e. The Bertz CT molecular complexity index is 821. The van der Waals surface area contributed by atoms with Crippen LogP contribution in [0.5, 0.6) is 0 Å². The standard InChI is InChI=1S/C18H24F3N5OS2.HI/c1-12-3-4-14(29-12)13(26-5-7-27-8-6-26)9-23-17(22-2)24-10-16-25-15(11-28-16)18(19,20)21;/h3-4,11,13H,5-10H2,1-2H3,(H2,22,23,24);1H. The zero-order valence-electron chi connectivity index (χ0n) is 16.7. The number of thiazole rings is 1. The molecule has 0 bridgehead atoms. The molecule has 1 aliphatic rings. The molecule has 2 N–H and O–H groups in total. The Labute approximate surface area is 199 Å². The van der Waals surface area contributed by atoms with Gasteiger partial charge in [-0.25, -0.2) is 4.98 Å². The van der Waals surface area contributed by atoms with E-state index in [1.807, 2.05) is 0 Å². The molecule has 2 aromatic rings. The second-order valence-electron chi connectivity index (χ2n) is 6.54. The van der Waals surface area contributed by atoms with Crippen molar-refractivity contribution in [1.82, 2.24) is 20.5 Å². The van der Waals surface area contributed by atoms with E-state index in [0.29, 0.717) is 30.7 Å². The minimum absolute atomic E-state index is 0. The van der Waals surface area contributed by atoms with E-state index in [9.17, 15) is 13.2 Å². The smallest absolute Gasteiger partial charge is 0.379 e. The van der Waals surface area contributed by atoms with E-state index in [4.69, 9.17) is 4.74 Å². The highest BCUT2D eigenvalue weighted by Crippen LogP contribution is 2.30. The van der Waals surface area contributed by atoms with Gasteiger partial charge in [0.2, 0.25) is 0 Å². The first-order valence-corrected chi connectivity index (χ1v) is 10.9. The number of aliphatic imine (C=N–C) groups is 1. The fraction of sp³-hybridized carbons (Fsp3) is 0.556. The molecule has 30 heavy (non-hydrogen) atoms. The number of hydrogen-bond donors (Lipinski definition) is 2. The molecule has 168 valence electrons. The molecule has 1 aliphatic heterocycles. The minimum atomic E-state index is -4.42. The van der Waals surface area contributed by atoms with Gasteiger partial charge in [0.25, 0.3) is 0 Å². The zero-order valence-corrected chi connectivity index (χ0v) is 20.6. The SMILES string of the molecule is CN=C(NCc1nc(C(F)(F)F)cs1)NCC(c1ccc(C)s1)N1CCOCC1.I. The number of alkyl halides is 3. The van der Waals surface area contributed by atoms with Crippen LogP contribution < -0.4 is 10.6 Å². The highest BCUT2D eigenvalue weighted by molar-refractivity contribution is 14.0. The average molecular weight is 575 g/mol. The third-order valence-electron chi connectivity index (χ3n) is 4.51. The molecule has 0 saturated carbocycles. The molecule has 0 aromatic carbocycles. The van der Waals surface area contributed by atoms with E-state index >= 15 is 0 Å². The van der Waals surface area contributed by atoms with Crippen molar-refractivity contribution >= 4 is 52.6 Å². The van der Waals surface area contributed by atoms with Crippen molar-refractivity contribution in [2.24, 2.45) is 4.99 Å². The molecule has 2 aromatic heterocycles. The van der Waals surface area contributed by atoms with Crippen LogP contribution in [0.4, 0.5) is 13.2 Å². The number of guanidine groups is 1. The molecule has 12 heteroatoms. The summed E-state index contributed by atoms with van der Waals surface area (Å²) in [4.78, 5) is 12.7. The molecule has 1 saturated heterocycles. The zero-order chi connectivity index (χ0) is 20.9. The number of aryl methyl sites for hydroxylation is 1. The molecule has 1 fully saturated rings. The van der Waals surface area contributed by atoms with Crippen LogP contribution in [0.1, 0.15) is 26.5 Å². The van der Waals surface area contributed by atoms with E-state index < -0.39 is 11.9 Å². The molecule has 6 nitrogen and oxygen atoms in total. The van der Waals surface area contributed by atoms with Crippen LogP contribution in [-0.4, -0.2) is 55.7 Å². The van der Waals surface area contributed by atoms with Crippen molar-refractivity contribution in [3.05, 3.63) is 38.0 Å². The molecule has 1 unspecified atom stereocenters. The summed E-state index contributed by atoms with van der Waals surface area (Å²) in [6.07, 6.45) is -4.42. The monoisotopic (exact) mass is 575 g/mol. The van der Waals surface area contributed by atoms with Gasteiger partial charge in [-0.1, -0.05) is 0 Å². The molecule has 3 heterocycles. The summed E-state index contributed by atoms with van der Waals surface area (Å²) < 4.78 is 43.5. The first-order chi connectivity index (χ1) is 13.9. The van der Waals surface area contributed by atoms with Crippen LogP contribution in [0, 0.1) is 6.92 Å². The van der Waals surface area contributed by atoms with Gasteiger partial charge in [0.05, 0.1) is 25.8 Å². The van der Waals surface area contributed by atoms with Crippen LogP contribution in [-0.2, 0) is 17.5 Å². The number of aromatic nitrogens is 1. The van der Waals surface area contributed by atoms with Gasteiger partial charge in [0.1, 0.15) is 5.01 Å². The Kier molecular flexibility index (Phi) is 9.78. The molecular weight excluding hydrogens is 550 g/mol. The van der Waals surface area contributed by atoms with Crippen molar-refractivity contribution < 1.29 is 17.9 Å². The predicted molar refractivity (Wildman–Crippen MR) is 125 cm³/mol. The van der Waals surface area contributed by atoms with Crippen molar-refractivity contribution in [2.45, 2.75) is 25.7 Å². The maximum Gasteiger partial charge on any atom is 0.434 e. The number of thiophene rings is 1. The fourth-order valence-electron chi connectivity index (χ4n) is 3.03. The number of rotatable bonds is 6. The number of ether oxygens (including phenoxy) is 1. The van der Waals surface area contributed by atoms with Crippen LogP contribution in [0.3, 0.4) is 0 Å². The van der Waals surface area contributed by atoms with Crippen molar-refractivity contribution in [3.8, 4) is 0 Å². The van der Waals surface area contributed by atoms with Crippen LogP contribution in [0.2, 0.25) is 0 Å². The summed E-state index contributed by atoms with van der Waals surface area (Å²) in [6.45, 7) is 6.02. The van der Waals surface area contributed by atoms with Gasteiger partial charge in [-0.15, -0.1) is 46.7 Å². The molecule has 3 rings (SSSR count). The van der Waals surface area contributed by atoms with E-state index in [1.165, 1.54) is 9.75 Å². The van der Waals surface area contributed by atoms with Crippen LogP contribution in [0.25, 0.3) is 0 Å². The third kappa shape index (κ3) is 7.04. The van der Waals surface area contributed by atoms with Gasteiger partial charge >= 0.3 is 6.18 Å². The highest BCUT2D eigenvalue weighted by atomic mass is 127. The van der Waals surface area contributed by atoms with Gasteiger partial charge in [-0.2, -0.15) is 13.2 Å². The molecule has 1 atom stereocenters. The number of halogens is 4. The molecule has 0 radical (unpaired) electrons. The fourth-order valence-corrected chi connectivity index (χ4v) is 4.78. The average Bonchev–Trinajstić information content (AvgIpc) is 3.34. The lowest BCUT2D eigenvalue weighted by atomic mass is 10.2. The number of nitrogens with one attached hydrogen (secondary N) is 2. The number of morpholine rings is 1. The van der Waals surface area contributed by atoms with Gasteiger partial charge in [-0.3, -0.25) is 9.89 Å². The van der Waals surface area contributed by atoms with Crippen molar-refractivity contribution in [3.63, 3.8) is 0 Å². The number of nitrogens with zero attached hydrogens (tertiary/aromatic N) is 3. The lowest BCUT2D eigenvalue weighted by molar-refractivity contribution is -0.140. The summed E-state index contributed by atoms with van der Waals surface area (Å²) in [5.74, 6) is 0.528. The summed E-state index contributed by atoms with van der Waals surface area (Å²) in [5, 5.41) is 7.73. The predicted octanol–water partition coefficient (Wildman–Crippen LogP) is 3.89. The van der Waals surface area contributed by atoms with Crippen molar-refractivity contribution in [1.29, 1.82) is 0 Å². The normalized spacial score (nSPS) is 16.8. The van der Waals surface area contributed by atoms with Gasteiger partial charge in [-0.05, 0) is 19.1 Å². The lowest BCUT2D eigenvalue weighted by Crippen LogP contribution is -2.46. The summed E-state index contributed by atoms with van der Waals surface area (Å²) in [6, 6.07) is 4.43. The Morgan fingerprint density at radius 2 is 2.03 bits per heavy atom. The Morgan fingerprint density at radius 3 is 2.60 bits per heavy atom. The molecular formula is C18H25F3IN5OS2. The molecule has 0 spiro atoms.